The summed E-state index contributed by atoms with van der Waals surface area (Å²) in [5, 5.41) is 11.7. The van der Waals surface area contributed by atoms with Gasteiger partial charge in [0.1, 0.15) is 5.54 Å². The number of nitrogens with zero attached hydrogens (tertiary/aromatic N) is 1. The average molecular weight is 295 g/mol. The molecule has 0 saturated heterocycles. The third kappa shape index (κ3) is 3.31. The van der Waals surface area contributed by atoms with E-state index in [0.717, 1.165) is 10.0 Å². The fraction of sp³-hybridized carbons (Fsp3) is 0.385. The zero-order chi connectivity index (χ0) is 13.1. The minimum absolute atomic E-state index is 0.216. The normalized spacial score (nSPS) is 13.6. The lowest BCUT2D eigenvalue weighted by Gasteiger charge is -2.21. The molecule has 0 fully saturated rings. The van der Waals surface area contributed by atoms with Crippen LogP contribution in [0.2, 0.25) is 0 Å². The van der Waals surface area contributed by atoms with Crippen molar-refractivity contribution in [1.82, 2.24) is 5.32 Å². The quantitative estimate of drug-likeness (QED) is 0.931. The van der Waals surface area contributed by atoms with E-state index >= 15 is 0 Å². The van der Waals surface area contributed by atoms with Crippen molar-refractivity contribution < 1.29 is 4.79 Å². The Kier molecular flexibility index (Phi) is 4.30. The first-order valence-corrected chi connectivity index (χ1v) is 6.21. The van der Waals surface area contributed by atoms with Gasteiger partial charge in [0, 0.05) is 10.0 Å². The number of halogens is 1. The fourth-order valence-corrected chi connectivity index (χ4v) is 1.55. The summed E-state index contributed by atoms with van der Waals surface area (Å²) in [6, 6.07) is 7.48. The Balaban J connectivity index is 2.91. The molecule has 0 saturated carbocycles. The lowest BCUT2D eigenvalue weighted by molar-refractivity contribution is 0.0923. The summed E-state index contributed by atoms with van der Waals surface area (Å²) in [7, 11) is 0. The number of aryl methyl sites for hydroxylation is 1. The van der Waals surface area contributed by atoms with E-state index in [0.29, 0.717) is 12.0 Å². The van der Waals surface area contributed by atoms with Crippen LogP contribution in [0, 0.1) is 18.3 Å². The molecule has 1 aromatic rings. The highest BCUT2D eigenvalue weighted by atomic mass is 79.9. The molecule has 90 valence electrons. The van der Waals surface area contributed by atoms with Crippen LogP contribution in [0.25, 0.3) is 0 Å². The summed E-state index contributed by atoms with van der Waals surface area (Å²) in [4.78, 5) is 12.0. The van der Waals surface area contributed by atoms with Crippen LogP contribution < -0.4 is 5.32 Å². The summed E-state index contributed by atoms with van der Waals surface area (Å²) in [6.07, 6.45) is 0.574. The van der Waals surface area contributed by atoms with E-state index in [9.17, 15) is 4.79 Å². The number of nitriles is 1. The molecule has 1 aromatic carbocycles. The molecule has 4 heteroatoms. The van der Waals surface area contributed by atoms with E-state index < -0.39 is 5.54 Å². The van der Waals surface area contributed by atoms with Gasteiger partial charge in [-0.05, 0) is 44.0 Å². The second-order valence-corrected chi connectivity index (χ2v) is 5.07. The number of carbonyl (C=O) groups excluding carboxylic acids is 1. The second-order valence-electron chi connectivity index (χ2n) is 4.22. The fourth-order valence-electron chi connectivity index (χ4n) is 1.30. The molecule has 0 aliphatic rings. The Labute approximate surface area is 110 Å². The molecule has 0 bridgehead atoms. The highest BCUT2D eigenvalue weighted by Gasteiger charge is 2.24. The molecule has 1 atom stereocenters. The first kappa shape index (κ1) is 13.7. The molecule has 1 amide bonds. The van der Waals surface area contributed by atoms with E-state index in [-0.39, 0.29) is 5.91 Å². The van der Waals surface area contributed by atoms with E-state index in [1.807, 2.05) is 19.9 Å². The van der Waals surface area contributed by atoms with Gasteiger partial charge in [-0.25, -0.2) is 0 Å². The van der Waals surface area contributed by atoms with E-state index in [4.69, 9.17) is 5.26 Å². The third-order valence-corrected chi connectivity index (χ3v) is 3.65. The molecular weight excluding hydrogens is 280 g/mol. The Morgan fingerprint density at radius 1 is 1.59 bits per heavy atom. The monoisotopic (exact) mass is 294 g/mol. The van der Waals surface area contributed by atoms with E-state index in [2.05, 4.69) is 27.3 Å². The summed E-state index contributed by atoms with van der Waals surface area (Å²) < 4.78 is 0.965. The third-order valence-electron chi connectivity index (χ3n) is 2.76. The van der Waals surface area contributed by atoms with Crippen molar-refractivity contribution >= 4 is 21.8 Å². The molecular formula is C13H15BrN2O. The summed E-state index contributed by atoms with van der Waals surface area (Å²) in [5.41, 5.74) is 0.756. The van der Waals surface area contributed by atoms with Crippen molar-refractivity contribution in [2.24, 2.45) is 0 Å². The molecule has 1 N–H and O–H groups in total. The molecule has 1 unspecified atom stereocenters. The number of hydrogen-bond donors (Lipinski definition) is 1. The van der Waals surface area contributed by atoms with Crippen molar-refractivity contribution in [2.75, 3.05) is 0 Å². The highest BCUT2D eigenvalue weighted by Crippen LogP contribution is 2.18. The average Bonchev–Trinajstić information content (AvgIpc) is 2.32. The van der Waals surface area contributed by atoms with Crippen molar-refractivity contribution in [3.8, 4) is 6.07 Å². The molecule has 0 heterocycles. The van der Waals surface area contributed by atoms with Gasteiger partial charge in [-0.15, -0.1) is 0 Å². The lowest BCUT2D eigenvalue weighted by atomic mass is 10.0. The molecule has 0 radical (unpaired) electrons. The number of amides is 1. The summed E-state index contributed by atoms with van der Waals surface area (Å²) in [6.45, 7) is 5.51. The van der Waals surface area contributed by atoms with Gasteiger partial charge in [-0.1, -0.05) is 22.9 Å². The van der Waals surface area contributed by atoms with Crippen LogP contribution in [0.3, 0.4) is 0 Å². The van der Waals surface area contributed by atoms with Crippen molar-refractivity contribution in [3.05, 3.63) is 33.8 Å². The predicted octanol–water partition coefficient (Wildman–Crippen LogP) is 3.18. The predicted molar refractivity (Wildman–Crippen MR) is 70.7 cm³/mol. The van der Waals surface area contributed by atoms with Gasteiger partial charge in [0.25, 0.3) is 5.91 Å². The van der Waals surface area contributed by atoms with Crippen LogP contribution in [0.4, 0.5) is 0 Å². The van der Waals surface area contributed by atoms with Gasteiger partial charge in [0.2, 0.25) is 0 Å². The maximum absolute atomic E-state index is 12.0. The molecule has 0 aliphatic carbocycles. The molecule has 17 heavy (non-hydrogen) atoms. The van der Waals surface area contributed by atoms with Gasteiger partial charge in [0.05, 0.1) is 6.07 Å². The van der Waals surface area contributed by atoms with Crippen molar-refractivity contribution in [2.45, 2.75) is 32.7 Å². The maximum Gasteiger partial charge on any atom is 0.252 e. The minimum atomic E-state index is -0.807. The summed E-state index contributed by atoms with van der Waals surface area (Å²) >= 11 is 3.38. The Morgan fingerprint density at radius 3 is 2.71 bits per heavy atom. The van der Waals surface area contributed by atoms with E-state index in [1.54, 1.807) is 19.1 Å². The standard InChI is InChI=1S/C13H15BrN2O/c1-4-13(3,8-15)16-12(17)10-5-6-11(14)9(2)7-10/h5-7H,4H2,1-3H3,(H,16,17). The number of benzene rings is 1. The van der Waals surface area contributed by atoms with Gasteiger partial charge < -0.3 is 5.32 Å². The molecule has 0 aromatic heterocycles. The summed E-state index contributed by atoms with van der Waals surface area (Å²) in [5.74, 6) is -0.216. The first-order chi connectivity index (χ1) is 7.91. The molecule has 3 nitrogen and oxygen atoms in total. The number of hydrogen-bond acceptors (Lipinski definition) is 2. The zero-order valence-electron chi connectivity index (χ0n) is 10.2. The zero-order valence-corrected chi connectivity index (χ0v) is 11.8. The van der Waals surface area contributed by atoms with Crippen LogP contribution in [0.1, 0.15) is 36.2 Å². The van der Waals surface area contributed by atoms with Gasteiger partial charge in [0.15, 0.2) is 0 Å². The van der Waals surface area contributed by atoms with Gasteiger partial charge in [-0.2, -0.15) is 5.26 Å². The lowest BCUT2D eigenvalue weighted by Crippen LogP contribution is -2.44. The Hall–Kier alpha value is -1.34. The molecule has 0 spiro atoms. The molecule has 1 rings (SSSR count). The smallest absolute Gasteiger partial charge is 0.252 e. The van der Waals surface area contributed by atoms with Crippen molar-refractivity contribution in [3.63, 3.8) is 0 Å². The molecule has 0 aliphatic heterocycles. The van der Waals surface area contributed by atoms with Crippen LogP contribution in [0.5, 0.6) is 0 Å². The van der Waals surface area contributed by atoms with Gasteiger partial charge in [-0.3, -0.25) is 4.79 Å². The number of nitrogens with one attached hydrogen (secondary N) is 1. The first-order valence-electron chi connectivity index (χ1n) is 5.42. The number of carbonyl (C=O) groups is 1. The van der Waals surface area contributed by atoms with E-state index in [1.165, 1.54) is 0 Å². The minimum Gasteiger partial charge on any atom is -0.334 e. The maximum atomic E-state index is 12.0. The van der Waals surface area contributed by atoms with Crippen LogP contribution in [0.15, 0.2) is 22.7 Å². The highest BCUT2D eigenvalue weighted by molar-refractivity contribution is 9.10. The van der Waals surface area contributed by atoms with Crippen LogP contribution in [-0.2, 0) is 0 Å². The van der Waals surface area contributed by atoms with Gasteiger partial charge >= 0.3 is 0 Å². The van der Waals surface area contributed by atoms with Crippen molar-refractivity contribution in [1.29, 1.82) is 5.26 Å². The van der Waals surface area contributed by atoms with Crippen LogP contribution >= 0.6 is 15.9 Å². The topological polar surface area (TPSA) is 52.9 Å². The Morgan fingerprint density at radius 2 is 2.24 bits per heavy atom. The largest absolute Gasteiger partial charge is 0.334 e. The Bertz CT molecular complexity index is 479. The SMILES string of the molecule is CCC(C)(C#N)NC(=O)c1ccc(Br)c(C)c1. The van der Waals surface area contributed by atoms with Crippen LogP contribution in [-0.4, -0.2) is 11.4 Å². The second kappa shape index (κ2) is 5.33. The number of rotatable bonds is 3.